The SMILES string of the molecule is CC(CC1CC1)NC1CCc2ccccc2C1. The van der Waals surface area contributed by atoms with Crippen molar-refractivity contribution in [3.8, 4) is 0 Å². The summed E-state index contributed by atoms with van der Waals surface area (Å²) in [7, 11) is 0. The van der Waals surface area contributed by atoms with Crippen molar-refractivity contribution in [1.82, 2.24) is 5.32 Å². The number of fused-ring (bicyclic) bond motifs is 1. The van der Waals surface area contributed by atoms with E-state index in [2.05, 4.69) is 36.5 Å². The highest BCUT2D eigenvalue weighted by molar-refractivity contribution is 5.30. The third-order valence-corrected chi connectivity index (χ3v) is 4.25. The molecule has 0 spiro atoms. The second-order valence-corrected chi connectivity index (χ2v) is 5.96. The zero-order valence-electron chi connectivity index (χ0n) is 10.8. The van der Waals surface area contributed by atoms with E-state index in [0.29, 0.717) is 12.1 Å². The van der Waals surface area contributed by atoms with Crippen LogP contribution in [0, 0.1) is 5.92 Å². The van der Waals surface area contributed by atoms with Crippen LogP contribution in [-0.4, -0.2) is 12.1 Å². The maximum Gasteiger partial charge on any atom is 0.0113 e. The maximum atomic E-state index is 3.83. The van der Waals surface area contributed by atoms with Gasteiger partial charge in [0.15, 0.2) is 0 Å². The lowest BCUT2D eigenvalue weighted by atomic mass is 9.88. The van der Waals surface area contributed by atoms with E-state index in [4.69, 9.17) is 0 Å². The summed E-state index contributed by atoms with van der Waals surface area (Å²) >= 11 is 0. The fourth-order valence-corrected chi connectivity index (χ4v) is 3.16. The van der Waals surface area contributed by atoms with E-state index < -0.39 is 0 Å². The second kappa shape index (κ2) is 4.81. The van der Waals surface area contributed by atoms with Gasteiger partial charge in [-0.1, -0.05) is 37.1 Å². The molecule has 1 fully saturated rings. The third kappa shape index (κ3) is 2.90. The molecule has 0 radical (unpaired) electrons. The van der Waals surface area contributed by atoms with Crippen molar-refractivity contribution in [2.24, 2.45) is 5.92 Å². The van der Waals surface area contributed by atoms with Gasteiger partial charge in [-0.2, -0.15) is 0 Å². The molecule has 3 rings (SSSR count). The monoisotopic (exact) mass is 229 g/mol. The Balaban J connectivity index is 1.56. The zero-order valence-corrected chi connectivity index (χ0v) is 10.8. The van der Waals surface area contributed by atoms with Gasteiger partial charge in [0.25, 0.3) is 0 Å². The summed E-state index contributed by atoms with van der Waals surface area (Å²) in [4.78, 5) is 0. The van der Waals surface area contributed by atoms with Crippen LogP contribution >= 0.6 is 0 Å². The van der Waals surface area contributed by atoms with Crippen molar-refractivity contribution >= 4 is 0 Å². The van der Waals surface area contributed by atoms with Gasteiger partial charge < -0.3 is 5.32 Å². The predicted octanol–water partition coefficient (Wildman–Crippen LogP) is 3.32. The molecule has 2 aliphatic carbocycles. The molecule has 0 bridgehead atoms. The molecule has 1 aromatic carbocycles. The fraction of sp³-hybridized carbons (Fsp3) is 0.625. The lowest BCUT2D eigenvalue weighted by molar-refractivity contribution is 0.384. The van der Waals surface area contributed by atoms with Gasteiger partial charge in [-0.05, 0) is 49.7 Å². The number of hydrogen-bond acceptors (Lipinski definition) is 1. The first-order valence-corrected chi connectivity index (χ1v) is 7.14. The Morgan fingerprint density at radius 2 is 1.94 bits per heavy atom. The second-order valence-electron chi connectivity index (χ2n) is 5.96. The minimum atomic E-state index is 0.706. The van der Waals surface area contributed by atoms with Crippen LogP contribution in [0.25, 0.3) is 0 Å². The van der Waals surface area contributed by atoms with Gasteiger partial charge in [0, 0.05) is 12.1 Å². The summed E-state index contributed by atoms with van der Waals surface area (Å²) in [6.07, 6.45) is 8.12. The van der Waals surface area contributed by atoms with E-state index in [1.54, 1.807) is 11.1 Å². The van der Waals surface area contributed by atoms with Crippen molar-refractivity contribution < 1.29 is 0 Å². The Morgan fingerprint density at radius 1 is 1.18 bits per heavy atom. The highest BCUT2D eigenvalue weighted by atomic mass is 14.9. The molecule has 1 N–H and O–H groups in total. The molecule has 1 saturated carbocycles. The van der Waals surface area contributed by atoms with Crippen LogP contribution in [0.4, 0.5) is 0 Å². The van der Waals surface area contributed by atoms with E-state index in [1.807, 2.05) is 0 Å². The molecule has 0 saturated heterocycles. The van der Waals surface area contributed by atoms with Gasteiger partial charge in [0.2, 0.25) is 0 Å². The van der Waals surface area contributed by atoms with Crippen LogP contribution in [-0.2, 0) is 12.8 Å². The molecule has 0 heterocycles. The number of hydrogen-bond donors (Lipinski definition) is 1. The Labute approximate surface area is 105 Å². The number of aryl methyl sites for hydroxylation is 1. The van der Waals surface area contributed by atoms with Gasteiger partial charge in [-0.15, -0.1) is 0 Å². The van der Waals surface area contributed by atoms with Gasteiger partial charge in [-0.25, -0.2) is 0 Å². The molecule has 0 amide bonds. The minimum absolute atomic E-state index is 0.706. The summed E-state index contributed by atoms with van der Waals surface area (Å²) in [5, 5.41) is 3.83. The molecule has 1 nitrogen and oxygen atoms in total. The Morgan fingerprint density at radius 3 is 2.71 bits per heavy atom. The molecule has 2 unspecified atom stereocenters. The lowest BCUT2D eigenvalue weighted by Gasteiger charge is -2.28. The zero-order chi connectivity index (χ0) is 11.7. The van der Waals surface area contributed by atoms with Crippen molar-refractivity contribution in [2.75, 3.05) is 0 Å². The van der Waals surface area contributed by atoms with Crippen LogP contribution < -0.4 is 5.32 Å². The third-order valence-electron chi connectivity index (χ3n) is 4.25. The van der Waals surface area contributed by atoms with E-state index >= 15 is 0 Å². The van der Waals surface area contributed by atoms with E-state index in [9.17, 15) is 0 Å². The lowest BCUT2D eigenvalue weighted by Crippen LogP contribution is -2.40. The molecule has 1 heteroatoms. The first-order chi connectivity index (χ1) is 8.31. The van der Waals surface area contributed by atoms with Crippen LogP contribution in [0.5, 0.6) is 0 Å². The number of benzene rings is 1. The Hall–Kier alpha value is -0.820. The van der Waals surface area contributed by atoms with Crippen molar-refractivity contribution in [3.63, 3.8) is 0 Å². The van der Waals surface area contributed by atoms with Gasteiger partial charge in [0.1, 0.15) is 0 Å². The Kier molecular flexibility index (Phi) is 3.19. The quantitative estimate of drug-likeness (QED) is 0.835. The molecule has 1 aromatic rings. The van der Waals surface area contributed by atoms with Crippen molar-refractivity contribution in [2.45, 2.75) is 57.5 Å². The van der Waals surface area contributed by atoms with Gasteiger partial charge in [0.05, 0.1) is 0 Å². The molecule has 2 atom stereocenters. The molecule has 17 heavy (non-hydrogen) atoms. The molecular weight excluding hydrogens is 206 g/mol. The van der Waals surface area contributed by atoms with Gasteiger partial charge >= 0.3 is 0 Å². The van der Waals surface area contributed by atoms with E-state index in [-0.39, 0.29) is 0 Å². The van der Waals surface area contributed by atoms with Crippen LogP contribution in [0.2, 0.25) is 0 Å². The van der Waals surface area contributed by atoms with E-state index in [1.165, 1.54) is 38.5 Å². The fourth-order valence-electron chi connectivity index (χ4n) is 3.16. The molecular formula is C16H23N. The van der Waals surface area contributed by atoms with Crippen molar-refractivity contribution in [3.05, 3.63) is 35.4 Å². The van der Waals surface area contributed by atoms with Crippen molar-refractivity contribution in [1.29, 1.82) is 0 Å². The molecule has 0 aliphatic heterocycles. The highest BCUT2D eigenvalue weighted by Gasteiger charge is 2.25. The summed E-state index contributed by atoms with van der Waals surface area (Å²) in [5.74, 6) is 1.04. The number of rotatable bonds is 4. The molecule has 0 aromatic heterocycles. The largest absolute Gasteiger partial charge is 0.311 e. The average Bonchev–Trinajstić information content (AvgIpc) is 3.12. The summed E-state index contributed by atoms with van der Waals surface area (Å²) in [5.41, 5.74) is 3.13. The molecule has 92 valence electrons. The highest BCUT2D eigenvalue weighted by Crippen LogP contribution is 2.33. The minimum Gasteiger partial charge on any atom is -0.311 e. The average molecular weight is 229 g/mol. The van der Waals surface area contributed by atoms with E-state index in [0.717, 1.165) is 5.92 Å². The Bertz CT molecular complexity index is 381. The van der Waals surface area contributed by atoms with Gasteiger partial charge in [-0.3, -0.25) is 0 Å². The normalized spacial score (nSPS) is 25.4. The summed E-state index contributed by atoms with van der Waals surface area (Å²) in [6.45, 7) is 2.36. The predicted molar refractivity (Wildman–Crippen MR) is 72.2 cm³/mol. The molecule has 2 aliphatic rings. The standard InChI is InChI=1S/C16H23N/c1-12(10-13-6-7-13)17-16-9-8-14-4-2-3-5-15(14)11-16/h2-5,12-13,16-17H,6-11H2,1H3. The van der Waals surface area contributed by atoms with Crippen LogP contribution in [0.3, 0.4) is 0 Å². The number of nitrogens with one attached hydrogen (secondary N) is 1. The smallest absolute Gasteiger partial charge is 0.0113 e. The van der Waals surface area contributed by atoms with Crippen LogP contribution in [0.1, 0.15) is 43.7 Å². The topological polar surface area (TPSA) is 12.0 Å². The first kappa shape index (κ1) is 11.3. The first-order valence-electron chi connectivity index (χ1n) is 7.14. The van der Waals surface area contributed by atoms with Crippen LogP contribution in [0.15, 0.2) is 24.3 Å². The summed E-state index contributed by atoms with van der Waals surface area (Å²) < 4.78 is 0. The maximum absolute atomic E-state index is 3.83. The summed E-state index contributed by atoms with van der Waals surface area (Å²) in [6, 6.07) is 10.3.